The first kappa shape index (κ1) is 8.27. The molecule has 0 amide bonds. The molecule has 0 saturated heterocycles. The third-order valence-electron chi connectivity index (χ3n) is 0.651. The maximum Gasteiger partial charge on any atom is 0.368 e. The van der Waals surface area contributed by atoms with Gasteiger partial charge >= 0.3 is 5.97 Å². The van der Waals surface area contributed by atoms with Crippen molar-refractivity contribution < 1.29 is 19.5 Å². The van der Waals surface area contributed by atoms with Gasteiger partial charge in [-0.2, -0.15) is 5.26 Å². The van der Waals surface area contributed by atoms with Crippen LogP contribution in [0.1, 0.15) is 6.92 Å². The number of carbonyl (C=O) groups is 1. The van der Waals surface area contributed by atoms with Crippen LogP contribution in [-0.2, 0) is 14.2 Å². The minimum atomic E-state index is -0.890. The molecule has 9 heavy (non-hydrogen) atoms. The van der Waals surface area contributed by atoms with E-state index in [2.05, 4.69) is 4.89 Å². The molecule has 5 heteroatoms. The van der Waals surface area contributed by atoms with Gasteiger partial charge in [0.25, 0.3) is 0 Å². The van der Waals surface area contributed by atoms with Crippen LogP contribution in [0, 0.1) is 0 Å². The molecule has 0 aliphatic rings. The zero-order valence-electron chi connectivity index (χ0n) is 4.70. The average Bonchev–Trinajstić information content (AvgIpc) is 1.87. The van der Waals surface area contributed by atoms with E-state index in [4.69, 9.17) is 5.26 Å². The molecule has 0 unspecified atom stereocenters. The van der Waals surface area contributed by atoms with Crippen LogP contribution in [0.15, 0.2) is 11.4 Å². The Labute approximate surface area is 53.3 Å². The van der Waals surface area contributed by atoms with Crippen LogP contribution >= 0.6 is 8.46 Å². The van der Waals surface area contributed by atoms with Crippen molar-refractivity contribution in [3.05, 3.63) is 11.4 Å². The molecule has 0 fully saturated rings. The number of rotatable bonds is 2. The topological polar surface area (TPSA) is 63.6 Å². The molecule has 0 rings (SSSR count). The van der Waals surface area contributed by atoms with E-state index in [-0.39, 0.29) is 14.0 Å². The summed E-state index contributed by atoms with van der Waals surface area (Å²) >= 11 is 0. The Balaban J connectivity index is 4.01. The van der Waals surface area contributed by atoms with Crippen LogP contribution in [0.2, 0.25) is 0 Å². The molecule has 1 N–H and O–H groups in total. The van der Waals surface area contributed by atoms with Crippen LogP contribution in [0.25, 0.3) is 0 Å². The Hall–Kier alpha value is -0.730. The summed E-state index contributed by atoms with van der Waals surface area (Å²) in [5, 5.41) is 7.74. The first-order valence-electron chi connectivity index (χ1n) is 2.07. The van der Waals surface area contributed by atoms with Crippen molar-refractivity contribution in [3.63, 3.8) is 0 Å². The zero-order chi connectivity index (χ0) is 7.28. The fourth-order valence-corrected chi connectivity index (χ4v) is 0.467. The molecule has 50 valence electrons. The SMILES string of the molecule is CC(=CP=O)C(=O)OO. The van der Waals surface area contributed by atoms with Gasteiger partial charge in [0.2, 0.25) is 0 Å². The predicted octanol–water partition coefficient (Wildman–Crippen LogP) is 1.20. The highest BCUT2D eigenvalue weighted by Crippen LogP contribution is 2.02. The van der Waals surface area contributed by atoms with Crippen LogP contribution in [0.4, 0.5) is 0 Å². The highest BCUT2D eigenvalue weighted by atomic mass is 31.1. The first-order valence-corrected chi connectivity index (χ1v) is 2.95. The molecule has 4 nitrogen and oxygen atoms in total. The Morgan fingerprint density at radius 1 is 1.78 bits per heavy atom. The lowest BCUT2D eigenvalue weighted by Crippen LogP contribution is -2.00. The largest absolute Gasteiger partial charge is 0.368 e. The van der Waals surface area contributed by atoms with Crippen molar-refractivity contribution in [1.29, 1.82) is 0 Å². The second-order valence-corrected chi connectivity index (χ2v) is 1.77. The van der Waals surface area contributed by atoms with Gasteiger partial charge in [0.1, 0.15) is 0 Å². The highest BCUT2D eigenvalue weighted by molar-refractivity contribution is 7.27. The Bertz CT molecular complexity index is 151. The van der Waals surface area contributed by atoms with Gasteiger partial charge in [0.15, 0.2) is 8.46 Å². The minimum Gasteiger partial charge on any atom is -0.296 e. The van der Waals surface area contributed by atoms with E-state index in [9.17, 15) is 9.36 Å². The van der Waals surface area contributed by atoms with Gasteiger partial charge in [-0.1, -0.05) is 0 Å². The predicted molar refractivity (Wildman–Crippen MR) is 30.1 cm³/mol. The van der Waals surface area contributed by atoms with Crippen LogP contribution in [-0.4, -0.2) is 11.2 Å². The maximum absolute atomic E-state index is 10.2. The maximum atomic E-state index is 10.2. The fraction of sp³-hybridized carbons (Fsp3) is 0.250. The number of carbonyl (C=O) groups excluding carboxylic acids is 1. The van der Waals surface area contributed by atoms with Gasteiger partial charge in [-0.25, -0.2) is 4.79 Å². The molecular formula is C4H5O4P. The second kappa shape index (κ2) is 4.18. The van der Waals surface area contributed by atoms with Crippen molar-refractivity contribution >= 4 is 14.4 Å². The minimum absolute atomic E-state index is 0.106. The number of hydrogen-bond acceptors (Lipinski definition) is 4. The molecule has 0 saturated carbocycles. The average molecular weight is 148 g/mol. The van der Waals surface area contributed by atoms with Crippen LogP contribution in [0.3, 0.4) is 0 Å². The first-order chi connectivity index (χ1) is 4.22. The summed E-state index contributed by atoms with van der Waals surface area (Å²) in [5.41, 5.74) is 0.106. The molecule has 0 heterocycles. The third-order valence-corrected chi connectivity index (χ3v) is 1.14. The fourth-order valence-electron chi connectivity index (χ4n) is 0.204. The summed E-state index contributed by atoms with van der Waals surface area (Å²) in [6.45, 7) is 1.38. The monoisotopic (exact) mass is 148 g/mol. The van der Waals surface area contributed by atoms with Crippen molar-refractivity contribution in [2.24, 2.45) is 0 Å². The van der Waals surface area contributed by atoms with Gasteiger partial charge in [0, 0.05) is 11.4 Å². The lowest BCUT2D eigenvalue weighted by molar-refractivity contribution is -0.229. The summed E-state index contributed by atoms with van der Waals surface area (Å²) in [6, 6.07) is 0. The summed E-state index contributed by atoms with van der Waals surface area (Å²) in [4.78, 5) is 13.5. The number of hydrogen-bond donors (Lipinski definition) is 1. The lowest BCUT2D eigenvalue weighted by atomic mass is 10.4. The van der Waals surface area contributed by atoms with Crippen molar-refractivity contribution in [2.75, 3.05) is 0 Å². The van der Waals surface area contributed by atoms with Crippen molar-refractivity contribution in [3.8, 4) is 0 Å². The zero-order valence-corrected chi connectivity index (χ0v) is 5.59. The van der Waals surface area contributed by atoms with Crippen LogP contribution < -0.4 is 0 Å². The molecular weight excluding hydrogens is 143 g/mol. The van der Waals surface area contributed by atoms with Gasteiger partial charge in [-0.05, 0) is 6.92 Å². The van der Waals surface area contributed by atoms with E-state index in [1.807, 2.05) is 0 Å². The van der Waals surface area contributed by atoms with Crippen molar-refractivity contribution in [1.82, 2.24) is 0 Å². The smallest absolute Gasteiger partial charge is 0.296 e. The van der Waals surface area contributed by atoms with E-state index in [0.717, 1.165) is 5.82 Å². The summed E-state index contributed by atoms with van der Waals surface area (Å²) in [6.07, 6.45) is 0. The third kappa shape index (κ3) is 2.95. The van der Waals surface area contributed by atoms with Gasteiger partial charge in [0.05, 0.1) is 0 Å². The standard InChI is InChI=1S/C4H5O4P/c1-3(2-9-7)4(5)8-6/h2,6H,1H3. The summed E-state index contributed by atoms with van der Waals surface area (Å²) < 4.78 is 9.77. The highest BCUT2D eigenvalue weighted by Gasteiger charge is 2.02. The normalized spacial score (nSPS) is 11.6. The summed E-state index contributed by atoms with van der Waals surface area (Å²) in [7, 11) is -0.280. The molecule has 0 spiro atoms. The van der Waals surface area contributed by atoms with E-state index in [1.54, 1.807) is 0 Å². The molecule has 0 aliphatic heterocycles. The Morgan fingerprint density at radius 3 is 2.67 bits per heavy atom. The second-order valence-electron chi connectivity index (χ2n) is 1.30. The van der Waals surface area contributed by atoms with Crippen LogP contribution in [0.5, 0.6) is 0 Å². The van der Waals surface area contributed by atoms with Gasteiger partial charge in [-0.15, -0.1) is 0 Å². The molecule has 0 aromatic carbocycles. The quantitative estimate of drug-likeness (QED) is 0.276. The molecule has 0 aromatic rings. The molecule has 0 aromatic heterocycles. The molecule has 0 radical (unpaired) electrons. The van der Waals surface area contributed by atoms with E-state index >= 15 is 0 Å². The summed E-state index contributed by atoms with van der Waals surface area (Å²) in [5.74, 6) is 0.205. The molecule has 0 aliphatic carbocycles. The van der Waals surface area contributed by atoms with E-state index in [1.165, 1.54) is 6.92 Å². The Morgan fingerprint density at radius 2 is 2.33 bits per heavy atom. The van der Waals surface area contributed by atoms with Crippen molar-refractivity contribution in [2.45, 2.75) is 6.92 Å². The molecule has 0 atom stereocenters. The molecule has 0 bridgehead atoms. The Kier molecular flexibility index (Phi) is 3.84. The lowest BCUT2D eigenvalue weighted by Gasteiger charge is -1.89. The van der Waals surface area contributed by atoms with Gasteiger partial charge < -0.3 is 0 Å². The van der Waals surface area contributed by atoms with E-state index < -0.39 is 5.97 Å². The van der Waals surface area contributed by atoms with Gasteiger partial charge in [-0.3, -0.25) is 9.45 Å². The van der Waals surface area contributed by atoms with E-state index in [0.29, 0.717) is 0 Å².